The average molecular weight is 450 g/mol. The van der Waals surface area contributed by atoms with Crippen molar-refractivity contribution < 1.29 is 0 Å². The van der Waals surface area contributed by atoms with E-state index in [1.54, 1.807) is 0 Å². The quantitative estimate of drug-likeness (QED) is 0.255. The molecule has 35 heavy (non-hydrogen) atoms. The van der Waals surface area contributed by atoms with Crippen LogP contribution in [0.15, 0.2) is 115 Å². The van der Waals surface area contributed by atoms with Gasteiger partial charge in [-0.1, -0.05) is 105 Å². The molecule has 7 rings (SSSR count). The molecule has 0 spiro atoms. The minimum atomic E-state index is 0.0334. The monoisotopic (exact) mass is 449 g/mol. The summed E-state index contributed by atoms with van der Waals surface area (Å²) in [6.45, 7) is 4.71. The smallest absolute Gasteiger partial charge is 0.0543 e. The topological polar surface area (TPSA) is 4.93 Å². The Morgan fingerprint density at radius 2 is 1.31 bits per heavy atom. The van der Waals surface area contributed by atoms with Gasteiger partial charge >= 0.3 is 0 Å². The van der Waals surface area contributed by atoms with E-state index < -0.39 is 0 Å². The van der Waals surface area contributed by atoms with Gasteiger partial charge in [0.05, 0.1) is 11.0 Å². The number of aromatic nitrogens is 1. The summed E-state index contributed by atoms with van der Waals surface area (Å²) in [6, 6.07) is 42.3. The molecule has 6 aromatic rings. The Labute approximate surface area is 206 Å². The molecular weight excluding hydrogens is 422 g/mol. The van der Waals surface area contributed by atoms with Crippen LogP contribution in [0.5, 0.6) is 0 Å². The molecule has 0 fully saturated rings. The number of fused-ring (bicyclic) bond motifs is 6. The van der Waals surface area contributed by atoms with Crippen LogP contribution in [0.1, 0.15) is 36.1 Å². The minimum Gasteiger partial charge on any atom is -0.309 e. The third-order valence-electron chi connectivity index (χ3n) is 7.84. The van der Waals surface area contributed by atoms with Gasteiger partial charge in [0.25, 0.3) is 0 Å². The number of benzene rings is 5. The van der Waals surface area contributed by atoms with Crippen LogP contribution in [-0.2, 0) is 11.8 Å². The van der Waals surface area contributed by atoms with E-state index in [1.165, 1.54) is 60.9 Å². The van der Waals surface area contributed by atoms with E-state index in [0.717, 1.165) is 6.42 Å². The maximum Gasteiger partial charge on any atom is 0.0543 e. The molecule has 0 bridgehead atoms. The summed E-state index contributed by atoms with van der Waals surface area (Å²) in [4.78, 5) is 0. The lowest BCUT2D eigenvalue weighted by atomic mass is 9.82. The first-order valence-electron chi connectivity index (χ1n) is 12.4. The zero-order valence-corrected chi connectivity index (χ0v) is 20.1. The first-order chi connectivity index (χ1) is 17.1. The van der Waals surface area contributed by atoms with Crippen molar-refractivity contribution in [1.29, 1.82) is 0 Å². The lowest BCUT2D eigenvalue weighted by Crippen LogP contribution is -2.14. The van der Waals surface area contributed by atoms with Crippen LogP contribution >= 0.6 is 0 Å². The Bertz CT molecular complexity index is 1730. The summed E-state index contributed by atoms with van der Waals surface area (Å²) in [5.74, 6) is 0. The van der Waals surface area contributed by atoms with E-state index in [1.807, 2.05) is 0 Å². The summed E-state index contributed by atoms with van der Waals surface area (Å²) in [7, 11) is 0. The number of para-hydroxylation sites is 2. The largest absolute Gasteiger partial charge is 0.309 e. The van der Waals surface area contributed by atoms with Crippen molar-refractivity contribution >= 4 is 21.8 Å². The maximum atomic E-state index is 2.40. The third kappa shape index (κ3) is 2.94. The van der Waals surface area contributed by atoms with E-state index in [4.69, 9.17) is 0 Å². The summed E-state index contributed by atoms with van der Waals surface area (Å²) < 4.78 is 2.40. The fraction of sp³-hybridized carbons (Fsp3) is 0.118. The minimum absolute atomic E-state index is 0.0334. The summed E-state index contributed by atoms with van der Waals surface area (Å²) >= 11 is 0. The van der Waals surface area contributed by atoms with E-state index in [0.29, 0.717) is 0 Å². The average Bonchev–Trinajstić information content (AvgIpc) is 3.34. The number of hydrogen-bond donors (Lipinski definition) is 0. The molecule has 5 aromatic carbocycles. The van der Waals surface area contributed by atoms with E-state index >= 15 is 0 Å². The van der Waals surface area contributed by atoms with Gasteiger partial charge in [-0.2, -0.15) is 0 Å². The molecule has 0 saturated heterocycles. The second kappa shape index (κ2) is 7.45. The molecular formula is C34H27N. The Hall–Kier alpha value is -4.10. The predicted molar refractivity (Wildman–Crippen MR) is 148 cm³/mol. The lowest BCUT2D eigenvalue weighted by Gasteiger charge is -2.21. The van der Waals surface area contributed by atoms with Crippen molar-refractivity contribution in [2.24, 2.45) is 0 Å². The van der Waals surface area contributed by atoms with Gasteiger partial charge in [0, 0.05) is 21.9 Å². The number of hydrogen-bond acceptors (Lipinski definition) is 0. The van der Waals surface area contributed by atoms with Gasteiger partial charge in [0.2, 0.25) is 0 Å². The summed E-state index contributed by atoms with van der Waals surface area (Å²) in [5, 5.41) is 2.60. The van der Waals surface area contributed by atoms with E-state index in [9.17, 15) is 0 Å². The molecule has 168 valence electrons. The van der Waals surface area contributed by atoms with Gasteiger partial charge in [-0.15, -0.1) is 0 Å². The van der Waals surface area contributed by atoms with Gasteiger partial charge < -0.3 is 4.57 Å². The Kier molecular flexibility index (Phi) is 4.32. The molecule has 1 aliphatic carbocycles. The zero-order chi connectivity index (χ0) is 23.6. The number of nitrogens with zero attached hydrogens (tertiary/aromatic N) is 1. The second-order valence-electron chi connectivity index (χ2n) is 10.2. The number of rotatable bonds is 3. The molecule has 1 heterocycles. The van der Waals surface area contributed by atoms with Gasteiger partial charge in [-0.05, 0) is 64.1 Å². The van der Waals surface area contributed by atoms with E-state index in [2.05, 4.69) is 134 Å². The standard InChI is InChI=1S/C34H27N/c1-34(2)29-16-8-6-15-28(29)33-24(11-10-17-30(33)34)21-23-19-20-27-26-14-7-9-18-31(26)35(32(27)22-23)25-12-4-3-5-13-25/h3-20,22H,21H2,1-2H3. The second-order valence-corrected chi connectivity index (χ2v) is 10.2. The first kappa shape index (κ1) is 20.3. The SMILES string of the molecule is CC1(C)c2ccccc2-c2c(Cc3ccc4c5ccccc5n(-c5ccccc5)c4c3)cccc21. The van der Waals surface area contributed by atoms with Crippen LogP contribution in [0.25, 0.3) is 38.6 Å². The Morgan fingerprint density at radius 3 is 2.20 bits per heavy atom. The molecule has 0 atom stereocenters. The van der Waals surface area contributed by atoms with Crippen LogP contribution < -0.4 is 0 Å². The van der Waals surface area contributed by atoms with Crippen LogP contribution in [0.2, 0.25) is 0 Å². The predicted octanol–water partition coefficient (Wildman–Crippen LogP) is 8.68. The molecule has 0 unspecified atom stereocenters. The molecule has 0 radical (unpaired) electrons. The molecule has 0 N–H and O–H groups in total. The lowest BCUT2D eigenvalue weighted by molar-refractivity contribution is 0.660. The van der Waals surface area contributed by atoms with Crippen molar-refractivity contribution in [3.8, 4) is 16.8 Å². The van der Waals surface area contributed by atoms with Gasteiger partial charge in [-0.3, -0.25) is 0 Å². The highest BCUT2D eigenvalue weighted by Crippen LogP contribution is 2.50. The maximum absolute atomic E-state index is 2.40. The normalized spacial score (nSPS) is 13.8. The highest BCUT2D eigenvalue weighted by atomic mass is 15.0. The highest BCUT2D eigenvalue weighted by molar-refractivity contribution is 6.09. The Balaban J connectivity index is 1.42. The first-order valence-corrected chi connectivity index (χ1v) is 12.4. The summed E-state index contributed by atoms with van der Waals surface area (Å²) in [6.07, 6.45) is 0.917. The Morgan fingerprint density at radius 1 is 0.600 bits per heavy atom. The van der Waals surface area contributed by atoms with E-state index in [-0.39, 0.29) is 5.41 Å². The molecule has 1 heteroatoms. The fourth-order valence-electron chi connectivity index (χ4n) is 6.18. The van der Waals surface area contributed by atoms with Crippen LogP contribution in [0.4, 0.5) is 0 Å². The molecule has 1 aliphatic rings. The van der Waals surface area contributed by atoms with Crippen molar-refractivity contribution in [3.63, 3.8) is 0 Å². The molecule has 1 nitrogen and oxygen atoms in total. The fourth-order valence-corrected chi connectivity index (χ4v) is 6.18. The van der Waals surface area contributed by atoms with Gasteiger partial charge in [0.15, 0.2) is 0 Å². The zero-order valence-electron chi connectivity index (χ0n) is 20.1. The molecule has 0 amide bonds. The van der Waals surface area contributed by atoms with Gasteiger partial charge in [0.1, 0.15) is 0 Å². The highest BCUT2D eigenvalue weighted by Gasteiger charge is 2.36. The molecule has 0 saturated carbocycles. The van der Waals surface area contributed by atoms with Crippen LogP contribution in [0, 0.1) is 0 Å². The van der Waals surface area contributed by atoms with Crippen LogP contribution in [-0.4, -0.2) is 4.57 Å². The molecule has 0 aliphatic heterocycles. The van der Waals surface area contributed by atoms with Crippen molar-refractivity contribution in [2.45, 2.75) is 25.7 Å². The van der Waals surface area contributed by atoms with Crippen molar-refractivity contribution in [2.75, 3.05) is 0 Å². The third-order valence-corrected chi connectivity index (χ3v) is 7.84. The van der Waals surface area contributed by atoms with Gasteiger partial charge in [-0.25, -0.2) is 0 Å². The molecule has 1 aromatic heterocycles. The summed E-state index contributed by atoms with van der Waals surface area (Å²) in [5.41, 5.74) is 12.2. The van der Waals surface area contributed by atoms with Crippen LogP contribution in [0.3, 0.4) is 0 Å². The van der Waals surface area contributed by atoms with Crippen molar-refractivity contribution in [1.82, 2.24) is 4.57 Å². The van der Waals surface area contributed by atoms with Crippen molar-refractivity contribution in [3.05, 3.63) is 138 Å².